The Morgan fingerprint density at radius 3 is 1.83 bits per heavy atom. The molecule has 4 nitrogen and oxygen atoms in total. The van der Waals surface area contributed by atoms with Crippen molar-refractivity contribution in [1.29, 1.82) is 0 Å². The number of carbonyl (C=O) groups excluding carboxylic acids is 1. The first-order valence-electron chi connectivity index (χ1n) is 11.7. The fraction of sp³-hybridized carbons (Fsp3) is 0.833. The van der Waals surface area contributed by atoms with Gasteiger partial charge in [-0.05, 0) is 38.0 Å². The molecule has 0 aliphatic carbocycles. The quantitative estimate of drug-likeness (QED) is 0.190. The minimum absolute atomic E-state index is 0. The van der Waals surface area contributed by atoms with Crippen LogP contribution in [0, 0.1) is 5.92 Å². The summed E-state index contributed by atoms with van der Waals surface area (Å²) in [5.74, 6) is -1.12. The summed E-state index contributed by atoms with van der Waals surface area (Å²) in [5.41, 5.74) is 0. The molecule has 0 aliphatic rings. The van der Waals surface area contributed by atoms with E-state index in [4.69, 9.17) is 0 Å². The SMILES string of the molecule is CCCCCCCC/C=C\CCCCCCCC(=O)N[C@H](C(=O)O)[C@@H](C)CC.[H-].[Na+]. The molecule has 0 saturated heterocycles. The van der Waals surface area contributed by atoms with E-state index in [0.717, 1.165) is 32.1 Å². The number of carbonyl (C=O) groups is 2. The Balaban J connectivity index is -0.00000364. The van der Waals surface area contributed by atoms with Gasteiger partial charge in [0.15, 0.2) is 0 Å². The summed E-state index contributed by atoms with van der Waals surface area (Å²) in [7, 11) is 0. The van der Waals surface area contributed by atoms with Crippen molar-refractivity contribution in [2.24, 2.45) is 5.92 Å². The molecule has 0 radical (unpaired) electrons. The van der Waals surface area contributed by atoms with E-state index in [0.29, 0.717) is 6.42 Å². The van der Waals surface area contributed by atoms with E-state index in [1.807, 2.05) is 13.8 Å². The van der Waals surface area contributed by atoms with Crippen LogP contribution in [-0.4, -0.2) is 23.0 Å². The Hall–Kier alpha value is -0.320. The minimum Gasteiger partial charge on any atom is -1.00 e. The molecular weight excluding hydrogens is 373 g/mol. The molecule has 0 unspecified atom stereocenters. The van der Waals surface area contributed by atoms with Gasteiger partial charge in [-0.1, -0.05) is 90.7 Å². The van der Waals surface area contributed by atoms with Gasteiger partial charge in [0.05, 0.1) is 0 Å². The van der Waals surface area contributed by atoms with Gasteiger partial charge in [-0.2, -0.15) is 0 Å². The molecule has 2 N–H and O–H groups in total. The van der Waals surface area contributed by atoms with Crippen LogP contribution in [0.4, 0.5) is 0 Å². The molecule has 0 fully saturated rings. The number of carboxylic acids is 1. The number of carboxylic acid groups (broad SMARTS) is 1. The number of unbranched alkanes of at least 4 members (excludes halogenated alkanes) is 11. The van der Waals surface area contributed by atoms with Gasteiger partial charge in [0.2, 0.25) is 5.91 Å². The third-order valence-electron chi connectivity index (χ3n) is 5.46. The normalized spacial score (nSPS) is 13.1. The Morgan fingerprint density at radius 1 is 0.862 bits per heavy atom. The van der Waals surface area contributed by atoms with Crippen molar-refractivity contribution >= 4 is 11.9 Å². The smallest absolute Gasteiger partial charge is 1.00 e. The van der Waals surface area contributed by atoms with Crippen LogP contribution in [0.1, 0.15) is 119 Å². The number of aliphatic carboxylic acids is 1. The number of rotatable bonds is 19. The summed E-state index contributed by atoms with van der Waals surface area (Å²) in [6.45, 7) is 6.06. The molecule has 0 saturated carbocycles. The Morgan fingerprint density at radius 2 is 1.34 bits per heavy atom. The average molecular weight is 420 g/mol. The first-order valence-corrected chi connectivity index (χ1v) is 11.7. The third-order valence-corrected chi connectivity index (χ3v) is 5.46. The zero-order chi connectivity index (χ0) is 21.0. The van der Waals surface area contributed by atoms with Gasteiger partial charge >= 0.3 is 35.5 Å². The van der Waals surface area contributed by atoms with Gasteiger partial charge in [-0.25, -0.2) is 4.79 Å². The molecule has 0 aromatic rings. The molecule has 0 aromatic carbocycles. The summed E-state index contributed by atoms with van der Waals surface area (Å²) in [4.78, 5) is 23.2. The predicted molar refractivity (Wildman–Crippen MR) is 120 cm³/mol. The summed E-state index contributed by atoms with van der Waals surface area (Å²) in [5, 5.41) is 11.9. The molecule has 0 rings (SSSR count). The molecule has 0 heterocycles. The summed E-state index contributed by atoms with van der Waals surface area (Å²) in [6.07, 6.45) is 21.8. The van der Waals surface area contributed by atoms with Crippen LogP contribution in [0.15, 0.2) is 12.2 Å². The van der Waals surface area contributed by atoms with Crippen molar-refractivity contribution in [1.82, 2.24) is 5.32 Å². The molecule has 29 heavy (non-hydrogen) atoms. The van der Waals surface area contributed by atoms with Crippen molar-refractivity contribution in [3.05, 3.63) is 12.2 Å². The maximum Gasteiger partial charge on any atom is 1.00 e. The van der Waals surface area contributed by atoms with Gasteiger partial charge in [0, 0.05) is 6.42 Å². The van der Waals surface area contributed by atoms with Crippen LogP contribution < -0.4 is 34.9 Å². The minimum atomic E-state index is -0.938. The third kappa shape index (κ3) is 19.4. The molecule has 0 spiro atoms. The Bertz CT molecular complexity index is 433. The van der Waals surface area contributed by atoms with Crippen LogP contribution in [0.2, 0.25) is 0 Å². The summed E-state index contributed by atoms with van der Waals surface area (Å²) < 4.78 is 0. The van der Waals surface area contributed by atoms with Gasteiger partial charge in [-0.3, -0.25) is 4.79 Å². The maximum atomic E-state index is 11.9. The van der Waals surface area contributed by atoms with Crippen LogP contribution in [-0.2, 0) is 9.59 Å². The number of hydrogen-bond acceptors (Lipinski definition) is 2. The number of amides is 1. The van der Waals surface area contributed by atoms with E-state index in [1.54, 1.807) is 0 Å². The molecule has 1 amide bonds. The predicted octanol–water partition coefficient (Wildman–Crippen LogP) is 3.76. The van der Waals surface area contributed by atoms with E-state index in [-0.39, 0.29) is 42.8 Å². The van der Waals surface area contributed by atoms with Gasteiger partial charge in [0.1, 0.15) is 6.04 Å². The number of nitrogens with one attached hydrogen (secondary N) is 1. The van der Waals surface area contributed by atoms with Gasteiger partial charge in [0.25, 0.3) is 0 Å². The fourth-order valence-electron chi connectivity index (χ4n) is 3.28. The fourth-order valence-corrected chi connectivity index (χ4v) is 3.28. The standard InChI is InChI=1S/C24H45NO3.Na.H/c1-4-6-7-8-9-10-11-12-13-14-15-16-17-18-19-20-22(26)25-23(24(27)28)21(3)5-2;;/h12-13,21,23H,4-11,14-20H2,1-3H3,(H,25,26)(H,27,28);;/q;+1;-1/b13-12-;;/t21-,23-;;/m0../s1. The van der Waals surface area contributed by atoms with E-state index in [2.05, 4.69) is 24.4 Å². The van der Waals surface area contributed by atoms with Crippen molar-refractivity contribution < 1.29 is 45.7 Å². The molecule has 2 atom stereocenters. The average Bonchev–Trinajstić information content (AvgIpc) is 2.68. The zero-order valence-electron chi connectivity index (χ0n) is 20.7. The monoisotopic (exact) mass is 419 g/mol. The van der Waals surface area contributed by atoms with Crippen LogP contribution in [0.25, 0.3) is 0 Å². The van der Waals surface area contributed by atoms with Crippen molar-refractivity contribution in [3.63, 3.8) is 0 Å². The van der Waals surface area contributed by atoms with Gasteiger partial charge < -0.3 is 11.8 Å². The maximum absolute atomic E-state index is 11.9. The molecule has 5 heteroatoms. The van der Waals surface area contributed by atoms with Crippen molar-refractivity contribution in [2.45, 2.75) is 123 Å². The summed E-state index contributed by atoms with van der Waals surface area (Å²) in [6, 6.07) is -0.763. The Kier molecular flexibility index (Phi) is 23.8. The van der Waals surface area contributed by atoms with Crippen LogP contribution >= 0.6 is 0 Å². The zero-order valence-corrected chi connectivity index (χ0v) is 21.7. The topological polar surface area (TPSA) is 66.4 Å². The van der Waals surface area contributed by atoms with Crippen LogP contribution in [0.3, 0.4) is 0 Å². The van der Waals surface area contributed by atoms with E-state index in [9.17, 15) is 14.7 Å². The van der Waals surface area contributed by atoms with E-state index in [1.165, 1.54) is 57.8 Å². The van der Waals surface area contributed by atoms with Crippen molar-refractivity contribution in [3.8, 4) is 0 Å². The van der Waals surface area contributed by atoms with E-state index >= 15 is 0 Å². The first kappa shape index (κ1) is 30.9. The largest absolute Gasteiger partial charge is 1.00 e. The van der Waals surface area contributed by atoms with Gasteiger partial charge in [-0.15, -0.1) is 0 Å². The second-order valence-corrected chi connectivity index (χ2v) is 8.10. The Labute approximate surface area is 203 Å². The number of allylic oxidation sites excluding steroid dienone is 2. The second-order valence-electron chi connectivity index (χ2n) is 8.10. The van der Waals surface area contributed by atoms with Crippen LogP contribution in [0.5, 0.6) is 0 Å². The van der Waals surface area contributed by atoms with Crippen molar-refractivity contribution in [2.75, 3.05) is 0 Å². The molecule has 166 valence electrons. The first-order chi connectivity index (χ1) is 13.5. The second kappa shape index (κ2) is 22.4. The molecule has 0 aromatic heterocycles. The molecule has 0 bridgehead atoms. The van der Waals surface area contributed by atoms with E-state index < -0.39 is 12.0 Å². The molecule has 0 aliphatic heterocycles. The summed E-state index contributed by atoms with van der Waals surface area (Å²) >= 11 is 0. The molecular formula is C24H46NNaO3. The number of hydrogen-bond donors (Lipinski definition) is 2.